The van der Waals surface area contributed by atoms with E-state index in [1.807, 2.05) is 18.2 Å². The highest BCUT2D eigenvalue weighted by atomic mass is 32.1. The Labute approximate surface area is 198 Å². The minimum absolute atomic E-state index is 0.0632. The van der Waals surface area contributed by atoms with Gasteiger partial charge in [-0.05, 0) is 29.8 Å². The van der Waals surface area contributed by atoms with E-state index in [1.165, 1.54) is 22.1 Å². The maximum absolute atomic E-state index is 12.7. The first-order chi connectivity index (χ1) is 16.7. The quantitative estimate of drug-likeness (QED) is 0.412. The molecular weight excluding hydrogens is 454 g/mol. The molecule has 0 spiro atoms. The zero-order valence-corrected chi connectivity index (χ0v) is 18.9. The van der Waals surface area contributed by atoms with Crippen LogP contribution in [0.3, 0.4) is 0 Å². The van der Waals surface area contributed by atoms with Crippen LogP contribution in [0.2, 0.25) is 0 Å². The van der Waals surface area contributed by atoms with E-state index in [4.69, 9.17) is 8.83 Å². The number of carbonyl (C=O) groups excluding carboxylic acids is 1. The van der Waals surface area contributed by atoms with Crippen molar-refractivity contribution in [2.24, 2.45) is 0 Å². The van der Waals surface area contributed by atoms with Crippen LogP contribution in [0.5, 0.6) is 5.88 Å². The van der Waals surface area contributed by atoms with Crippen LogP contribution in [0.15, 0.2) is 76.0 Å². The zero-order valence-electron chi connectivity index (χ0n) is 18.1. The lowest BCUT2D eigenvalue weighted by atomic mass is 10.0. The molecule has 0 radical (unpaired) electrons. The summed E-state index contributed by atoms with van der Waals surface area (Å²) in [6.07, 6.45) is 3.08. The predicted molar refractivity (Wildman–Crippen MR) is 125 cm³/mol. The summed E-state index contributed by atoms with van der Waals surface area (Å²) in [6.45, 7) is 2.42. The van der Waals surface area contributed by atoms with Gasteiger partial charge in [0.25, 0.3) is 5.91 Å². The van der Waals surface area contributed by atoms with Gasteiger partial charge in [-0.25, -0.2) is 0 Å². The molecule has 5 aromatic rings. The summed E-state index contributed by atoms with van der Waals surface area (Å²) >= 11 is 1.40. The smallest absolute Gasteiger partial charge is 0.289 e. The molecule has 0 saturated carbocycles. The molecule has 34 heavy (non-hydrogen) atoms. The summed E-state index contributed by atoms with van der Waals surface area (Å²) in [5.41, 5.74) is 1.05. The summed E-state index contributed by atoms with van der Waals surface area (Å²) in [5.74, 6) is 1.29. The summed E-state index contributed by atoms with van der Waals surface area (Å²) in [5, 5.41) is 15.6. The molecule has 1 N–H and O–H groups in total. The van der Waals surface area contributed by atoms with Crippen molar-refractivity contribution >= 4 is 22.2 Å². The second-order valence-electron chi connectivity index (χ2n) is 8.02. The average molecular weight is 476 g/mol. The number of fused-ring (bicyclic) bond motifs is 1. The summed E-state index contributed by atoms with van der Waals surface area (Å²) < 4.78 is 12.1. The van der Waals surface area contributed by atoms with Gasteiger partial charge in [0.05, 0.1) is 23.4 Å². The summed E-state index contributed by atoms with van der Waals surface area (Å²) in [4.78, 5) is 22.7. The van der Waals surface area contributed by atoms with Crippen LogP contribution in [-0.2, 0) is 0 Å². The lowest BCUT2D eigenvalue weighted by molar-refractivity contribution is 0.0568. The Bertz CT molecular complexity index is 1400. The minimum Gasteiger partial charge on any atom is -0.492 e. The van der Waals surface area contributed by atoms with Gasteiger partial charge in [-0.3, -0.25) is 9.69 Å². The van der Waals surface area contributed by atoms with Crippen LogP contribution >= 0.6 is 11.3 Å². The zero-order chi connectivity index (χ0) is 23.1. The number of hydrogen-bond acceptors (Lipinski definition) is 8. The second kappa shape index (κ2) is 8.47. The van der Waals surface area contributed by atoms with Gasteiger partial charge in [-0.1, -0.05) is 41.7 Å². The molecule has 1 fully saturated rings. The number of piperazine rings is 1. The third-order valence-corrected chi connectivity index (χ3v) is 7.08. The fraction of sp³-hybridized carbons (Fsp3) is 0.208. The van der Waals surface area contributed by atoms with Crippen molar-refractivity contribution in [3.63, 3.8) is 0 Å². The van der Waals surface area contributed by atoms with E-state index >= 15 is 0 Å². The number of hydrogen-bond donors (Lipinski definition) is 1. The Hall–Kier alpha value is -3.89. The number of furan rings is 2. The van der Waals surface area contributed by atoms with Crippen LogP contribution in [-0.4, -0.2) is 61.6 Å². The summed E-state index contributed by atoms with van der Waals surface area (Å²) in [7, 11) is 0. The molecule has 1 aliphatic rings. The van der Waals surface area contributed by atoms with Gasteiger partial charge >= 0.3 is 0 Å². The molecule has 1 aliphatic heterocycles. The van der Waals surface area contributed by atoms with E-state index in [0.717, 1.165) is 10.4 Å². The number of carbonyl (C=O) groups is 1. The van der Waals surface area contributed by atoms with Crippen molar-refractivity contribution in [2.45, 2.75) is 6.04 Å². The number of nitrogens with zero attached hydrogens (tertiary/aromatic N) is 5. The first-order valence-corrected chi connectivity index (χ1v) is 11.7. The first kappa shape index (κ1) is 20.7. The number of rotatable bonds is 5. The molecular formula is C24H21N5O4S. The highest BCUT2D eigenvalue weighted by Crippen LogP contribution is 2.40. The topological polar surface area (TPSA) is 100 Å². The van der Waals surface area contributed by atoms with Crippen LogP contribution in [0.25, 0.3) is 16.5 Å². The third-order valence-electron chi connectivity index (χ3n) is 6.00. The van der Waals surface area contributed by atoms with Crippen LogP contribution in [0.4, 0.5) is 0 Å². The predicted octanol–water partition coefficient (Wildman–Crippen LogP) is 3.90. The monoisotopic (exact) mass is 475 g/mol. The van der Waals surface area contributed by atoms with Crippen molar-refractivity contribution < 1.29 is 18.7 Å². The normalized spacial score (nSPS) is 15.7. The van der Waals surface area contributed by atoms with Gasteiger partial charge in [-0.2, -0.15) is 9.50 Å². The molecule has 4 aromatic heterocycles. The Morgan fingerprint density at radius 2 is 1.74 bits per heavy atom. The highest BCUT2D eigenvalue weighted by molar-refractivity contribution is 7.17. The van der Waals surface area contributed by atoms with Crippen LogP contribution < -0.4 is 0 Å². The number of amides is 1. The molecule has 6 rings (SSSR count). The lowest BCUT2D eigenvalue weighted by Gasteiger charge is -2.38. The molecule has 9 nitrogen and oxygen atoms in total. The van der Waals surface area contributed by atoms with Crippen LogP contribution in [0, 0.1) is 0 Å². The SMILES string of the molecule is O=C(c1ccco1)N1CCN(C(c2ccccc2)c2sc3nc(-c4ccco4)nn3c2O)CC1. The molecule has 10 heteroatoms. The maximum atomic E-state index is 12.7. The molecule has 0 aliphatic carbocycles. The van der Waals surface area contributed by atoms with E-state index in [-0.39, 0.29) is 17.8 Å². The number of aromatic nitrogens is 3. The maximum Gasteiger partial charge on any atom is 0.289 e. The molecule has 5 heterocycles. The van der Waals surface area contributed by atoms with Gasteiger partial charge in [0.15, 0.2) is 11.5 Å². The largest absolute Gasteiger partial charge is 0.492 e. The van der Waals surface area contributed by atoms with E-state index in [2.05, 4.69) is 27.1 Å². The Morgan fingerprint density at radius 1 is 0.971 bits per heavy atom. The molecule has 1 aromatic carbocycles. The first-order valence-electron chi connectivity index (χ1n) is 10.9. The average Bonchev–Trinajstić information content (AvgIpc) is 3.67. The number of benzene rings is 1. The van der Waals surface area contributed by atoms with Gasteiger partial charge in [0.1, 0.15) is 0 Å². The number of aromatic hydroxyl groups is 1. The second-order valence-corrected chi connectivity index (χ2v) is 9.02. The Morgan fingerprint density at radius 3 is 2.41 bits per heavy atom. The molecule has 1 saturated heterocycles. The molecule has 1 atom stereocenters. The van der Waals surface area contributed by atoms with Gasteiger partial charge in [0.2, 0.25) is 16.7 Å². The Balaban J connectivity index is 1.31. The van der Waals surface area contributed by atoms with Crippen molar-refractivity contribution in [3.05, 3.63) is 83.3 Å². The van der Waals surface area contributed by atoms with E-state index < -0.39 is 0 Å². The van der Waals surface area contributed by atoms with Crippen LogP contribution in [0.1, 0.15) is 27.0 Å². The van der Waals surface area contributed by atoms with Crippen molar-refractivity contribution in [2.75, 3.05) is 26.2 Å². The van der Waals surface area contributed by atoms with Gasteiger partial charge in [-0.15, -0.1) is 5.10 Å². The van der Waals surface area contributed by atoms with Gasteiger partial charge < -0.3 is 18.8 Å². The molecule has 172 valence electrons. The van der Waals surface area contributed by atoms with E-state index in [1.54, 1.807) is 35.4 Å². The summed E-state index contributed by atoms with van der Waals surface area (Å²) in [6, 6.07) is 16.8. The molecule has 1 unspecified atom stereocenters. The third kappa shape index (κ3) is 3.57. The Kier molecular flexibility index (Phi) is 5.16. The fourth-order valence-corrected chi connectivity index (χ4v) is 5.46. The van der Waals surface area contributed by atoms with Crippen molar-refractivity contribution in [3.8, 4) is 17.5 Å². The molecule has 0 bridgehead atoms. The minimum atomic E-state index is -0.192. The van der Waals surface area contributed by atoms with E-state index in [9.17, 15) is 9.90 Å². The highest BCUT2D eigenvalue weighted by Gasteiger charge is 2.33. The standard InChI is InChI=1S/C24H21N5O4S/c30-22(18-9-5-15-33-18)28-12-10-27(11-13-28)19(16-6-2-1-3-7-16)20-23(31)29-24(34-20)25-21(26-29)17-8-4-14-32-17/h1-9,14-15,19,31H,10-13H2. The van der Waals surface area contributed by atoms with Crippen molar-refractivity contribution in [1.29, 1.82) is 0 Å². The molecule has 1 amide bonds. The lowest BCUT2D eigenvalue weighted by Crippen LogP contribution is -2.49. The fourth-order valence-electron chi connectivity index (χ4n) is 4.34. The van der Waals surface area contributed by atoms with Gasteiger partial charge in [0, 0.05) is 26.2 Å². The number of thiazole rings is 1. The van der Waals surface area contributed by atoms with E-state index in [0.29, 0.717) is 48.5 Å². The van der Waals surface area contributed by atoms with Crippen molar-refractivity contribution in [1.82, 2.24) is 24.4 Å².